The van der Waals surface area contributed by atoms with E-state index in [-0.39, 0.29) is 11.9 Å². The zero-order valence-electron chi connectivity index (χ0n) is 11.9. The van der Waals surface area contributed by atoms with Gasteiger partial charge in [-0.3, -0.25) is 4.79 Å². The predicted octanol–water partition coefficient (Wildman–Crippen LogP) is 2.90. The number of hydrogen-bond donors (Lipinski definition) is 0. The van der Waals surface area contributed by atoms with E-state index in [9.17, 15) is 4.79 Å². The molecule has 18 heavy (non-hydrogen) atoms. The van der Waals surface area contributed by atoms with E-state index in [4.69, 9.17) is 14.2 Å². The molecule has 0 amide bonds. The van der Waals surface area contributed by atoms with E-state index < -0.39 is 5.79 Å². The van der Waals surface area contributed by atoms with Crippen molar-refractivity contribution in [3.63, 3.8) is 0 Å². The number of rotatable bonds is 7. The standard InChI is InChI=1S/C14H26O4/c1-4-16-13(15)11-12-9-7-8-10-14(12,17-5-2)18-6-3/h12H,4-11H2,1-3H3/t12-/m1/s1. The Balaban J connectivity index is 2.71. The molecule has 0 bridgehead atoms. The highest BCUT2D eigenvalue weighted by Crippen LogP contribution is 2.40. The molecule has 0 saturated heterocycles. The van der Waals surface area contributed by atoms with Gasteiger partial charge in [0.2, 0.25) is 0 Å². The van der Waals surface area contributed by atoms with E-state index in [1.165, 1.54) is 0 Å². The summed E-state index contributed by atoms with van der Waals surface area (Å²) in [7, 11) is 0. The van der Waals surface area contributed by atoms with Gasteiger partial charge in [0.05, 0.1) is 13.0 Å². The summed E-state index contributed by atoms with van der Waals surface area (Å²) in [6.07, 6.45) is 4.47. The van der Waals surface area contributed by atoms with Gasteiger partial charge in [0.15, 0.2) is 5.79 Å². The first kappa shape index (κ1) is 15.4. The van der Waals surface area contributed by atoms with Gasteiger partial charge in [-0.15, -0.1) is 0 Å². The summed E-state index contributed by atoms with van der Waals surface area (Å²) in [5, 5.41) is 0. The van der Waals surface area contributed by atoms with Crippen LogP contribution in [-0.2, 0) is 19.0 Å². The van der Waals surface area contributed by atoms with Crippen LogP contribution in [0, 0.1) is 5.92 Å². The Morgan fingerprint density at radius 3 is 2.33 bits per heavy atom. The molecule has 106 valence electrons. The lowest BCUT2D eigenvalue weighted by Gasteiger charge is -2.42. The van der Waals surface area contributed by atoms with Crippen LogP contribution in [0.25, 0.3) is 0 Å². The largest absolute Gasteiger partial charge is 0.466 e. The van der Waals surface area contributed by atoms with E-state index in [1.807, 2.05) is 20.8 Å². The molecule has 1 fully saturated rings. The first-order valence-electron chi connectivity index (χ1n) is 7.12. The van der Waals surface area contributed by atoms with Crippen molar-refractivity contribution in [3.8, 4) is 0 Å². The zero-order chi connectivity index (χ0) is 13.4. The predicted molar refractivity (Wildman–Crippen MR) is 69.2 cm³/mol. The molecular weight excluding hydrogens is 232 g/mol. The van der Waals surface area contributed by atoms with Crippen LogP contribution in [-0.4, -0.2) is 31.6 Å². The van der Waals surface area contributed by atoms with Crippen molar-refractivity contribution in [2.75, 3.05) is 19.8 Å². The van der Waals surface area contributed by atoms with Crippen LogP contribution in [0.1, 0.15) is 52.9 Å². The third-order valence-corrected chi connectivity index (χ3v) is 3.45. The monoisotopic (exact) mass is 258 g/mol. The molecule has 1 saturated carbocycles. The lowest BCUT2D eigenvalue weighted by Crippen LogP contribution is -2.47. The van der Waals surface area contributed by atoms with E-state index in [1.54, 1.807) is 0 Å². The summed E-state index contributed by atoms with van der Waals surface area (Å²) in [5.41, 5.74) is 0. The summed E-state index contributed by atoms with van der Waals surface area (Å²) < 4.78 is 16.8. The molecule has 0 aromatic heterocycles. The molecule has 4 nitrogen and oxygen atoms in total. The molecule has 0 radical (unpaired) electrons. The summed E-state index contributed by atoms with van der Waals surface area (Å²) in [6.45, 7) is 7.42. The van der Waals surface area contributed by atoms with Gasteiger partial charge in [0.1, 0.15) is 0 Å². The average Bonchev–Trinajstić information content (AvgIpc) is 2.33. The van der Waals surface area contributed by atoms with Crippen LogP contribution >= 0.6 is 0 Å². The third-order valence-electron chi connectivity index (χ3n) is 3.45. The summed E-state index contributed by atoms with van der Waals surface area (Å²) in [4.78, 5) is 11.7. The molecule has 1 rings (SSSR count). The number of hydrogen-bond acceptors (Lipinski definition) is 4. The van der Waals surface area contributed by atoms with E-state index in [2.05, 4.69) is 0 Å². The summed E-state index contributed by atoms with van der Waals surface area (Å²) in [6, 6.07) is 0. The molecular formula is C14H26O4. The van der Waals surface area contributed by atoms with Crippen LogP contribution < -0.4 is 0 Å². The van der Waals surface area contributed by atoms with Gasteiger partial charge in [0, 0.05) is 25.6 Å². The highest BCUT2D eigenvalue weighted by atomic mass is 16.7. The number of carbonyl (C=O) groups excluding carboxylic acids is 1. The van der Waals surface area contributed by atoms with Crippen LogP contribution in [0.2, 0.25) is 0 Å². The number of ether oxygens (including phenoxy) is 3. The fourth-order valence-electron chi connectivity index (χ4n) is 2.78. The Kier molecular flexibility index (Phi) is 6.65. The number of carbonyl (C=O) groups is 1. The minimum absolute atomic E-state index is 0.116. The first-order chi connectivity index (χ1) is 8.68. The van der Waals surface area contributed by atoms with E-state index in [0.29, 0.717) is 26.2 Å². The molecule has 1 aliphatic rings. The second-order valence-corrected chi connectivity index (χ2v) is 4.63. The van der Waals surface area contributed by atoms with Gasteiger partial charge in [-0.05, 0) is 33.6 Å². The van der Waals surface area contributed by atoms with Crippen LogP contribution in [0.15, 0.2) is 0 Å². The van der Waals surface area contributed by atoms with Gasteiger partial charge in [-0.2, -0.15) is 0 Å². The third kappa shape index (κ3) is 3.95. The van der Waals surface area contributed by atoms with Crippen molar-refractivity contribution in [1.82, 2.24) is 0 Å². The van der Waals surface area contributed by atoms with Gasteiger partial charge in [0.25, 0.3) is 0 Å². The fraction of sp³-hybridized carbons (Fsp3) is 0.929. The van der Waals surface area contributed by atoms with Crippen molar-refractivity contribution < 1.29 is 19.0 Å². The van der Waals surface area contributed by atoms with Crippen molar-refractivity contribution >= 4 is 5.97 Å². The lowest BCUT2D eigenvalue weighted by atomic mass is 9.81. The lowest BCUT2D eigenvalue weighted by molar-refractivity contribution is -0.277. The van der Waals surface area contributed by atoms with Gasteiger partial charge in [-0.1, -0.05) is 6.42 Å². The Labute approximate surface area is 110 Å². The maximum atomic E-state index is 11.7. The molecule has 0 aliphatic heterocycles. The van der Waals surface area contributed by atoms with Crippen LogP contribution in [0.4, 0.5) is 0 Å². The quantitative estimate of drug-likeness (QED) is 0.520. The van der Waals surface area contributed by atoms with Crippen molar-refractivity contribution in [2.24, 2.45) is 5.92 Å². The van der Waals surface area contributed by atoms with Crippen molar-refractivity contribution in [2.45, 2.75) is 58.7 Å². The Hall–Kier alpha value is -0.610. The average molecular weight is 258 g/mol. The number of esters is 1. The first-order valence-corrected chi connectivity index (χ1v) is 7.12. The maximum Gasteiger partial charge on any atom is 0.306 e. The highest BCUT2D eigenvalue weighted by Gasteiger charge is 2.43. The smallest absolute Gasteiger partial charge is 0.306 e. The summed E-state index contributed by atoms with van der Waals surface area (Å²) in [5.74, 6) is -0.604. The molecule has 1 atom stereocenters. The van der Waals surface area contributed by atoms with Crippen molar-refractivity contribution in [3.05, 3.63) is 0 Å². The molecule has 0 unspecified atom stereocenters. The Morgan fingerprint density at radius 2 is 1.78 bits per heavy atom. The molecule has 0 N–H and O–H groups in total. The summed E-state index contributed by atoms with van der Waals surface area (Å²) >= 11 is 0. The van der Waals surface area contributed by atoms with Crippen molar-refractivity contribution in [1.29, 1.82) is 0 Å². The van der Waals surface area contributed by atoms with Crippen LogP contribution in [0.3, 0.4) is 0 Å². The second-order valence-electron chi connectivity index (χ2n) is 4.63. The zero-order valence-corrected chi connectivity index (χ0v) is 11.9. The molecule has 4 heteroatoms. The highest BCUT2D eigenvalue weighted by molar-refractivity contribution is 5.69. The second kappa shape index (κ2) is 7.74. The molecule has 0 spiro atoms. The Bertz CT molecular complexity index is 241. The fourth-order valence-corrected chi connectivity index (χ4v) is 2.78. The minimum Gasteiger partial charge on any atom is -0.466 e. The normalized spacial score (nSPS) is 22.7. The molecule has 1 aliphatic carbocycles. The SMILES string of the molecule is CCOC(=O)C[C@H]1CCCCC1(OCC)OCC. The Morgan fingerprint density at radius 1 is 1.11 bits per heavy atom. The van der Waals surface area contributed by atoms with Gasteiger partial charge in [-0.25, -0.2) is 0 Å². The van der Waals surface area contributed by atoms with Gasteiger partial charge >= 0.3 is 5.97 Å². The molecule has 0 aromatic carbocycles. The van der Waals surface area contributed by atoms with E-state index in [0.717, 1.165) is 25.7 Å². The molecule has 0 aromatic rings. The topological polar surface area (TPSA) is 44.8 Å². The van der Waals surface area contributed by atoms with Crippen LogP contribution in [0.5, 0.6) is 0 Å². The maximum absolute atomic E-state index is 11.7. The van der Waals surface area contributed by atoms with E-state index >= 15 is 0 Å². The van der Waals surface area contributed by atoms with Gasteiger partial charge < -0.3 is 14.2 Å². The molecule has 0 heterocycles. The minimum atomic E-state index is -0.575.